The van der Waals surface area contributed by atoms with Crippen LogP contribution in [0.25, 0.3) is 0 Å². The summed E-state index contributed by atoms with van der Waals surface area (Å²) in [4.78, 5) is 8.71. The molecule has 0 aromatic carbocycles. The molecule has 1 aromatic rings. The van der Waals surface area contributed by atoms with Crippen LogP contribution in [0.15, 0.2) is 0 Å². The molecule has 2 heterocycles. The maximum atomic E-state index is 4.65. The van der Waals surface area contributed by atoms with E-state index in [1.165, 1.54) is 47.9 Å². The Morgan fingerprint density at radius 2 is 2.16 bits per heavy atom. The van der Waals surface area contributed by atoms with Gasteiger partial charge in [-0.25, -0.2) is 4.98 Å². The molecule has 0 spiro atoms. The van der Waals surface area contributed by atoms with Crippen LogP contribution < -0.4 is 5.32 Å². The zero-order valence-corrected chi connectivity index (χ0v) is 13.1. The first kappa shape index (κ1) is 13.5. The van der Waals surface area contributed by atoms with Crippen molar-refractivity contribution >= 4 is 11.3 Å². The van der Waals surface area contributed by atoms with Crippen molar-refractivity contribution in [3.63, 3.8) is 0 Å². The molecule has 1 N–H and O–H groups in total. The molecule has 19 heavy (non-hydrogen) atoms. The highest BCUT2D eigenvalue weighted by Gasteiger charge is 2.34. The van der Waals surface area contributed by atoms with Crippen molar-refractivity contribution in [3.8, 4) is 0 Å². The Hall–Kier alpha value is -0.450. The summed E-state index contributed by atoms with van der Waals surface area (Å²) in [6.45, 7) is 10.3. The highest BCUT2D eigenvalue weighted by Crippen LogP contribution is 2.31. The molecule has 3 rings (SSSR count). The Morgan fingerprint density at radius 1 is 1.37 bits per heavy atom. The van der Waals surface area contributed by atoms with E-state index in [-0.39, 0.29) is 0 Å². The molecular weight excluding hydrogens is 254 g/mol. The molecule has 0 amide bonds. The maximum absolute atomic E-state index is 4.65. The van der Waals surface area contributed by atoms with Crippen LogP contribution in [0.2, 0.25) is 0 Å². The Balaban J connectivity index is 1.48. The topological polar surface area (TPSA) is 28.2 Å². The third kappa shape index (κ3) is 3.18. The van der Waals surface area contributed by atoms with E-state index in [1.54, 1.807) is 0 Å². The second-order valence-corrected chi connectivity index (χ2v) is 7.59. The van der Waals surface area contributed by atoms with Gasteiger partial charge in [-0.05, 0) is 59.0 Å². The average Bonchev–Trinajstić information content (AvgIpc) is 3.02. The summed E-state index contributed by atoms with van der Waals surface area (Å²) in [7, 11) is 0. The van der Waals surface area contributed by atoms with Gasteiger partial charge in [0.1, 0.15) is 0 Å². The number of likely N-dealkylation sites (tertiary alicyclic amines) is 1. The molecule has 3 nitrogen and oxygen atoms in total. The molecule has 1 saturated heterocycles. The van der Waals surface area contributed by atoms with Gasteiger partial charge in [-0.2, -0.15) is 0 Å². The van der Waals surface area contributed by atoms with E-state index in [4.69, 9.17) is 0 Å². The number of nitrogens with zero attached hydrogens (tertiary/aromatic N) is 2. The Bertz CT molecular complexity index is 439. The summed E-state index contributed by atoms with van der Waals surface area (Å²) in [5, 5.41) is 4.87. The van der Waals surface area contributed by atoms with Crippen LogP contribution in [0.3, 0.4) is 0 Å². The monoisotopic (exact) mass is 279 g/mol. The van der Waals surface area contributed by atoms with E-state index < -0.39 is 0 Å². The molecule has 1 aromatic heterocycles. The van der Waals surface area contributed by atoms with E-state index in [9.17, 15) is 0 Å². The minimum atomic E-state index is 0.389. The van der Waals surface area contributed by atoms with Gasteiger partial charge < -0.3 is 10.2 Å². The number of hydrogen-bond acceptors (Lipinski definition) is 4. The van der Waals surface area contributed by atoms with Crippen LogP contribution in [-0.2, 0) is 0 Å². The first-order chi connectivity index (χ1) is 9.13. The first-order valence-corrected chi connectivity index (χ1v) is 8.36. The van der Waals surface area contributed by atoms with E-state index >= 15 is 0 Å². The predicted octanol–water partition coefficient (Wildman–Crippen LogP) is 2.89. The fourth-order valence-electron chi connectivity index (χ4n) is 3.19. The summed E-state index contributed by atoms with van der Waals surface area (Å²) in [6.07, 6.45) is 4.24. The lowest BCUT2D eigenvalue weighted by molar-refractivity contribution is 0.310. The quantitative estimate of drug-likeness (QED) is 0.898. The molecule has 2 unspecified atom stereocenters. The average molecular weight is 279 g/mol. The zero-order chi connectivity index (χ0) is 13.4. The van der Waals surface area contributed by atoms with E-state index in [0.29, 0.717) is 6.04 Å². The number of rotatable bonds is 5. The van der Waals surface area contributed by atoms with E-state index in [0.717, 1.165) is 18.5 Å². The summed E-state index contributed by atoms with van der Waals surface area (Å²) < 4.78 is 0. The molecule has 2 atom stereocenters. The van der Waals surface area contributed by atoms with Gasteiger partial charge in [0.2, 0.25) is 0 Å². The number of hydrogen-bond donors (Lipinski definition) is 1. The lowest BCUT2D eigenvalue weighted by atomic mass is 10.1. The van der Waals surface area contributed by atoms with Crippen molar-refractivity contribution < 1.29 is 0 Å². The lowest BCUT2D eigenvalue weighted by Gasteiger charge is -2.18. The number of aryl methyl sites for hydroxylation is 2. The number of nitrogens with one attached hydrogen (secondary N) is 1. The standard InChI is InChI=1S/C15H25N3S/c1-10(15-11(2)19-12(3)17-15)16-8-13-6-7-18(9-13)14-4-5-14/h10,13-14,16H,4-9H2,1-3H3. The highest BCUT2D eigenvalue weighted by molar-refractivity contribution is 7.11. The summed E-state index contributed by atoms with van der Waals surface area (Å²) >= 11 is 1.81. The van der Waals surface area contributed by atoms with Crippen LogP contribution in [0.4, 0.5) is 0 Å². The van der Waals surface area contributed by atoms with Gasteiger partial charge >= 0.3 is 0 Å². The molecule has 2 aliphatic rings. The molecule has 0 radical (unpaired) electrons. The van der Waals surface area contributed by atoms with Crippen molar-refractivity contribution in [2.75, 3.05) is 19.6 Å². The number of thiazole rings is 1. The Labute approximate surface area is 120 Å². The van der Waals surface area contributed by atoms with Crippen LogP contribution >= 0.6 is 11.3 Å². The fraction of sp³-hybridized carbons (Fsp3) is 0.800. The van der Waals surface area contributed by atoms with Gasteiger partial charge in [0.05, 0.1) is 10.7 Å². The van der Waals surface area contributed by atoms with Gasteiger partial charge in [0.25, 0.3) is 0 Å². The SMILES string of the molecule is Cc1nc(C(C)NCC2CCN(C3CC3)C2)c(C)s1. The largest absolute Gasteiger partial charge is 0.308 e. The normalized spacial score (nSPS) is 25.9. The third-order valence-corrected chi connectivity index (χ3v) is 5.34. The second-order valence-electron chi connectivity index (χ2n) is 6.19. The second kappa shape index (κ2) is 5.51. The molecule has 1 aliphatic heterocycles. The Kier molecular flexibility index (Phi) is 3.92. The third-order valence-electron chi connectivity index (χ3n) is 4.44. The van der Waals surface area contributed by atoms with Crippen molar-refractivity contribution in [2.45, 2.75) is 52.1 Å². The molecule has 2 fully saturated rings. The van der Waals surface area contributed by atoms with Gasteiger partial charge in [-0.3, -0.25) is 0 Å². The highest BCUT2D eigenvalue weighted by atomic mass is 32.1. The van der Waals surface area contributed by atoms with Gasteiger partial charge in [-0.1, -0.05) is 0 Å². The van der Waals surface area contributed by atoms with Crippen molar-refractivity contribution in [3.05, 3.63) is 15.6 Å². The maximum Gasteiger partial charge on any atom is 0.0900 e. The minimum Gasteiger partial charge on any atom is -0.308 e. The number of aromatic nitrogens is 1. The lowest BCUT2D eigenvalue weighted by Crippen LogP contribution is -2.29. The van der Waals surface area contributed by atoms with Crippen LogP contribution in [0.1, 0.15) is 47.8 Å². The van der Waals surface area contributed by atoms with E-state index in [1.807, 2.05) is 11.3 Å². The van der Waals surface area contributed by atoms with Crippen molar-refractivity contribution in [1.82, 2.24) is 15.2 Å². The fourth-order valence-corrected chi connectivity index (χ4v) is 4.10. The summed E-state index contributed by atoms with van der Waals surface area (Å²) in [5.41, 5.74) is 1.25. The van der Waals surface area contributed by atoms with Gasteiger partial charge in [0, 0.05) is 23.5 Å². The molecule has 1 aliphatic carbocycles. The van der Waals surface area contributed by atoms with Crippen LogP contribution in [0.5, 0.6) is 0 Å². The molecule has 0 bridgehead atoms. The van der Waals surface area contributed by atoms with Crippen molar-refractivity contribution in [1.29, 1.82) is 0 Å². The van der Waals surface area contributed by atoms with Gasteiger partial charge in [-0.15, -0.1) is 11.3 Å². The molecule has 106 valence electrons. The summed E-state index contributed by atoms with van der Waals surface area (Å²) in [5.74, 6) is 0.836. The predicted molar refractivity (Wildman–Crippen MR) is 80.7 cm³/mol. The summed E-state index contributed by atoms with van der Waals surface area (Å²) in [6, 6.07) is 1.32. The van der Waals surface area contributed by atoms with Crippen molar-refractivity contribution in [2.24, 2.45) is 5.92 Å². The zero-order valence-electron chi connectivity index (χ0n) is 12.3. The molecule has 1 saturated carbocycles. The van der Waals surface area contributed by atoms with Crippen LogP contribution in [0, 0.1) is 19.8 Å². The first-order valence-electron chi connectivity index (χ1n) is 7.55. The van der Waals surface area contributed by atoms with Crippen LogP contribution in [-0.4, -0.2) is 35.6 Å². The Morgan fingerprint density at radius 3 is 2.79 bits per heavy atom. The van der Waals surface area contributed by atoms with E-state index in [2.05, 4.69) is 36.0 Å². The molecule has 4 heteroatoms. The van der Waals surface area contributed by atoms with Gasteiger partial charge in [0.15, 0.2) is 0 Å². The smallest absolute Gasteiger partial charge is 0.0900 e. The minimum absolute atomic E-state index is 0.389. The molecular formula is C15H25N3S.